The maximum atomic E-state index is 6.19. The van der Waals surface area contributed by atoms with E-state index in [1.54, 1.807) is 0 Å². The van der Waals surface area contributed by atoms with Gasteiger partial charge in [0.2, 0.25) is 0 Å². The van der Waals surface area contributed by atoms with Crippen LogP contribution in [-0.2, 0) is 10.8 Å². The van der Waals surface area contributed by atoms with Crippen molar-refractivity contribution < 1.29 is 4.42 Å². The zero-order chi connectivity index (χ0) is 46.6. The highest BCUT2D eigenvalue weighted by Crippen LogP contribution is 2.46. The van der Waals surface area contributed by atoms with E-state index >= 15 is 0 Å². The molecule has 0 radical (unpaired) electrons. The molecule has 0 aliphatic heterocycles. The van der Waals surface area contributed by atoms with Crippen LogP contribution in [-0.4, -0.2) is 0 Å². The molecule has 1 aromatic heterocycles. The maximum absolute atomic E-state index is 6.19. The lowest BCUT2D eigenvalue weighted by molar-refractivity contribution is 0.569. The number of para-hydroxylation sites is 2. The molecule has 10 aromatic carbocycles. The van der Waals surface area contributed by atoms with Gasteiger partial charge in [0.1, 0.15) is 11.2 Å². The van der Waals surface area contributed by atoms with Crippen LogP contribution in [0.25, 0.3) is 88.3 Å². The molecule has 330 valence electrons. The van der Waals surface area contributed by atoms with Crippen LogP contribution in [0, 0.1) is 0 Å². The number of rotatable bonds is 8. The lowest BCUT2D eigenvalue weighted by Crippen LogP contribution is -2.16. The van der Waals surface area contributed by atoms with Crippen LogP contribution in [0.1, 0.15) is 52.7 Å². The Kier molecular flexibility index (Phi) is 10.7. The molecule has 0 fully saturated rings. The number of nitrogens with zero attached hydrogens (tertiary/aromatic N) is 1. The van der Waals surface area contributed by atoms with E-state index in [4.69, 9.17) is 4.42 Å². The van der Waals surface area contributed by atoms with Crippen LogP contribution in [0.4, 0.5) is 17.1 Å². The Bertz CT molecular complexity index is 3560. The van der Waals surface area contributed by atoms with Crippen LogP contribution < -0.4 is 4.90 Å². The predicted molar refractivity (Wildman–Crippen MR) is 290 cm³/mol. The van der Waals surface area contributed by atoms with Gasteiger partial charge in [0.15, 0.2) is 0 Å². The van der Waals surface area contributed by atoms with Crippen molar-refractivity contribution >= 4 is 49.8 Å². The number of fused-ring (bicyclic) bond motifs is 4. The highest BCUT2D eigenvalue weighted by atomic mass is 16.3. The average Bonchev–Trinajstić information content (AvgIpc) is 3.74. The van der Waals surface area contributed by atoms with Crippen molar-refractivity contribution in [2.24, 2.45) is 0 Å². The summed E-state index contributed by atoms with van der Waals surface area (Å²) in [4.78, 5) is 2.42. The smallest absolute Gasteiger partial charge is 0.135 e. The Morgan fingerprint density at radius 1 is 0.324 bits per heavy atom. The van der Waals surface area contributed by atoms with Crippen molar-refractivity contribution in [1.29, 1.82) is 0 Å². The summed E-state index contributed by atoms with van der Waals surface area (Å²) in [5.74, 6) is 0. The van der Waals surface area contributed by atoms with E-state index in [2.05, 4.69) is 259 Å². The molecule has 0 amide bonds. The quantitative estimate of drug-likeness (QED) is 0.151. The van der Waals surface area contributed by atoms with E-state index in [1.165, 1.54) is 60.8 Å². The molecule has 0 unspecified atom stereocenters. The van der Waals surface area contributed by atoms with Gasteiger partial charge >= 0.3 is 0 Å². The summed E-state index contributed by atoms with van der Waals surface area (Å²) >= 11 is 0. The van der Waals surface area contributed by atoms with Crippen LogP contribution in [0.5, 0.6) is 0 Å². The number of anilines is 3. The Balaban J connectivity index is 1.05. The van der Waals surface area contributed by atoms with Gasteiger partial charge in [-0.15, -0.1) is 0 Å². The molecule has 0 N–H and O–H groups in total. The lowest BCUT2D eigenvalue weighted by Gasteiger charge is -2.29. The minimum absolute atomic E-state index is 0.00633. The van der Waals surface area contributed by atoms with E-state index in [9.17, 15) is 0 Å². The minimum Gasteiger partial charge on any atom is -0.456 e. The standard InChI is InChI=1S/C66H55NO/c1-65(2,3)52-40-51(41-53(43-52)66(4,5)6)56-22-14-18-49-19-15-23-59(64(49)56)57-20-10-12-24-61(57)67(54-35-30-47(31-36-54)46-28-26-45(27-29-46)44-16-8-7-9-17-44)55-37-32-48(33-38-55)50-34-39-63-60(42-50)58-21-11-13-25-62(58)68-63/h7-43H,1-6H3. The summed E-state index contributed by atoms with van der Waals surface area (Å²) in [7, 11) is 0. The average molecular weight is 878 g/mol. The van der Waals surface area contributed by atoms with Crippen LogP contribution in [0.15, 0.2) is 229 Å². The van der Waals surface area contributed by atoms with Crippen molar-refractivity contribution in [1.82, 2.24) is 0 Å². The van der Waals surface area contributed by atoms with Gasteiger partial charge < -0.3 is 9.32 Å². The largest absolute Gasteiger partial charge is 0.456 e. The topological polar surface area (TPSA) is 16.4 Å². The van der Waals surface area contributed by atoms with Gasteiger partial charge in [-0.2, -0.15) is 0 Å². The molecule has 0 saturated carbocycles. The van der Waals surface area contributed by atoms with Gasteiger partial charge in [-0.3, -0.25) is 0 Å². The molecule has 11 aromatic rings. The zero-order valence-electron chi connectivity index (χ0n) is 39.7. The van der Waals surface area contributed by atoms with Crippen LogP contribution in [0.2, 0.25) is 0 Å². The molecule has 1 heterocycles. The SMILES string of the molecule is CC(C)(C)c1cc(-c2cccc3cccc(-c4ccccc4N(c4ccc(-c5ccc(-c6ccccc6)cc5)cc4)c4ccc(-c5ccc6oc7ccccc7c6c5)cc4)c23)cc(C(C)(C)C)c1. The fourth-order valence-electron chi connectivity index (χ4n) is 9.78. The number of furan rings is 1. The van der Waals surface area contributed by atoms with Gasteiger partial charge in [0.05, 0.1) is 5.69 Å². The van der Waals surface area contributed by atoms with E-state index < -0.39 is 0 Å². The third kappa shape index (κ3) is 8.07. The van der Waals surface area contributed by atoms with E-state index in [1.807, 2.05) is 12.1 Å². The first-order valence-electron chi connectivity index (χ1n) is 23.8. The number of benzene rings is 10. The molecule has 0 atom stereocenters. The summed E-state index contributed by atoms with van der Waals surface area (Å²) in [5.41, 5.74) is 19.7. The third-order valence-electron chi connectivity index (χ3n) is 13.6. The fourth-order valence-corrected chi connectivity index (χ4v) is 9.78. The molecule has 2 nitrogen and oxygen atoms in total. The Morgan fingerprint density at radius 3 is 1.41 bits per heavy atom. The lowest BCUT2D eigenvalue weighted by atomic mass is 9.78. The summed E-state index contributed by atoms with van der Waals surface area (Å²) in [5, 5.41) is 4.73. The zero-order valence-corrected chi connectivity index (χ0v) is 39.7. The normalized spacial score (nSPS) is 12.0. The maximum Gasteiger partial charge on any atom is 0.135 e. The first-order valence-corrected chi connectivity index (χ1v) is 23.8. The molecule has 11 rings (SSSR count). The molecule has 0 aliphatic rings. The van der Waals surface area contributed by atoms with Gasteiger partial charge in [0.25, 0.3) is 0 Å². The van der Waals surface area contributed by atoms with Crippen LogP contribution >= 0.6 is 0 Å². The first-order chi connectivity index (χ1) is 33.0. The summed E-state index contributed by atoms with van der Waals surface area (Å²) < 4.78 is 6.19. The van der Waals surface area contributed by atoms with Crippen molar-refractivity contribution in [3.63, 3.8) is 0 Å². The second-order valence-electron chi connectivity index (χ2n) is 20.2. The Hall–Kier alpha value is -7.94. The summed E-state index contributed by atoms with van der Waals surface area (Å²) in [6.45, 7) is 13.9. The minimum atomic E-state index is -0.00633. The van der Waals surface area contributed by atoms with Gasteiger partial charge in [0, 0.05) is 27.7 Å². The molecular weight excluding hydrogens is 823 g/mol. The highest BCUT2D eigenvalue weighted by Gasteiger charge is 2.24. The molecule has 0 spiro atoms. The van der Waals surface area contributed by atoms with Gasteiger partial charge in [-0.05, 0) is 131 Å². The molecule has 0 saturated heterocycles. The van der Waals surface area contributed by atoms with E-state index in [0.29, 0.717) is 0 Å². The summed E-state index contributed by atoms with van der Waals surface area (Å²) in [6.07, 6.45) is 0. The van der Waals surface area contributed by atoms with Crippen molar-refractivity contribution in [3.8, 4) is 55.6 Å². The Morgan fingerprint density at radius 2 is 0.794 bits per heavy atom. The predicted octanol–water partition coefficient (Wildman–Crippen LogP) is 19.1. The van der Waals surface area contributed by atoms with Crippen LogP contribution in [0.3, 0.4) is 0 Å². The van der Waals surface area contributed by atoms with Gasteiger partial charge in [-0.25, -0.2) is 0 Å². The van der Waals surface area contributed by atoms with Crippen molar-refractivity contribution in [2.45, 2.75) is 52.4 Å². The highest BCUT2D eigenvalue weighted by molar-refractivity contribution is 6.09. The monoisotopic (exact) mass is 877 g/mol. The van der Waals surface area contributed by atoms with Crippen molar-refractivity contribution in [2.75, 3.05) is 4.90 Å². The third-order valence-corrected chi connectivity index (χ3v) is 13.6. The second kappa shape index (κ2) is 17.0. The van der Waals surface area contributed by atoms with E-state index in [-0.39, 0.29) is 10.8 Å². The van der Waals surface area contributed by atoms with Crippen molar-refractivity contribution in [3.05, 3.63) is 236 Å². The fraction of sp³-hybridized carbons (Fsp3) is 0.121. The molecule has 0 bridgehead atoms. The second-order valence-corrected chi connectivity index (χ2v) is 20.2. The molecule has 68 heavy (non-hydrogen) atoms. The van der Waals surface area contributed by atoms with Gasteiger partial charge in [-0.1, -0.05) is 217 Å². The number of hydrogen-bond acceptors (Lipinski definition) is 2. The Labute approximate surface area is 400 Å². The molecule has 0 aliphatic carbocycles. The summed E-state index contributed by atoms with van der Waals surface area (Å²) in [6, 6.07) is 82.1. The molecule has 2 heteroatoms. The van der Waals surface area contributed by atoms with E-state index in [0.717, 1.165) is 55.7 Å². The first kappa shape index (κ1) is 42.7. The number of hydrogen-bond donors (Lipinski definition) is 0. The molecular formula is C66H55NO.